The van der Waals surface area contributed by atoms with Gasteiger partial charge in [-0.1, -0.05) is 13.8 Å². The van der Waals surface area contributed by atoms with Crippen LogP contribution in [0, 0.1) is 5.92 Å². The number of methoxy groups -OCH3 is 1. The van der Waals surface area contributed by atoms with Crippen molar-refractivity contribution >= 4 is 11.6 Å². The van der Waals surface area contributed by atoms with E-state index >= 15 is 0 Å². The van der Waals surface area contributed by atoms with E-state index in [2.05, 4.69) is 5.32 Å². The van der Waals surface area contributed by atoms with Gasteiger partial charge in [-0.05, 0) is 24.1 Å². The molecule has 1 aromatic rings. The summed E-state index contributed by atoms with van der Waals surface area (Å²) in [5, 5.41) is 12.3. The first-order chi connectivity index (χ1) is 8.45. The molecule has 4 N–H and O–H groups in total. The van der Waals surface area contributed by atoms with Crippen molar-refractivity contribution in [3.8, 4) is 5.75 Å². The zero-order valence-corrected chi connectivity index (χ0v) is 10.9. The molecule has 0 bridgehead atoms. The van der Waals surface area contributed by atoms with Crippen LogP contribution in [0.25, 0.3) is 0 Å². The fourth-order valence-corrected chi connectivity index (χ4v) is 1.43. The highest BCUT2D eigenvalue weighted by molar-refractivity contribution is 5.97. The van der Waals surface area contributed by atoms with E-state index in [1.54, 1.807) is 18.2 Å². The molecule has 0 spiro atoms. The molecule has 0 fully saturated rings. The van der Waals surface area contributed by atoms with E-state index in [0.29, 0.717) is 17.0 Å². The van der Waals surface area contributed by atoms with E-state index in [9.17, 15) is 9.90 Å². The minimum Gasteiger partial charge on any atom is -0.496 e. The number of amides is 1. The summed E-state index contributed by atoms with van der Waals surface area (Å²) in [4.78, 5) is 11.9. The van der Waals surface area contributed by atoms with Crippen LogP contribution in [-0.2, 0) is 0 Å². The van der Waals surface area contributed by atoms with Crippen LogP contribution in [0.15, 0.2) is 18.2 Å². The number of nitrogens with one attached hydrogen (secondary N) is 1. The number of ether oxygens (including phenoxy) is 1. The van der Waals surface area contributed by atoms with Gasteiger partial charge in [-0.3, -0.25) is 4.79 Å². The Hall–Kier alpha value is -1.75. The van der Waals surface area contributed by atoms with Crippen LogP contribution in [0.1, 0.15) is 24.2 Å². The molecule has 0 heterocycles. The second-order valence-corrected chi connectivity index (χ2v) is 4.48. The minimum absolute atomic E-state index is 0.0908. The molecule has 0 radical (unpaired) electrons. The lowest BCUT2D eigenvalue weighted by Gasteiger charge is -2.16. The second-order valence-electron chi connectivity index (χ2n) is 4.48. The summed E-state index contributed by atoms with van der Waals surface area (Å²) >= 11 is 0. The monoisotopic (exact) mass is 252 g/mol. The highest BCUT2D eigenvalue weighted by Gasteiger charge is 2.15. The van der Waals surface area contributed by atoms with Crippen molar-refractivity contribution in [3.05, 3.63) is 23.8 Å². The number of hydrogen-bond donors (Lipinski definition) is 3. The van der Waals surface area contributed by atoms with Gasteiger partial charge < -0.3 is 20.9 Å². The fraction of sp³-hybridized carbons (Fsp3) is 0.462. The topological polar surface area (TPSA) is 84.6 Å². The molecule has 1 rings (SSSR count). The molecule has 5 heteroatoms. The lowest BCUT2D eigenvalue weighted by atomic mass is 10.1. The van der Waals surface area contributed by atoms with Gasteiger partial charge in [-0.2, -0.15) is 0 Å². The number of rotatable bonds is 5. The molecule has 5 nitrogen and oxygen atoms in total. The summed E-state index contributed by atoms with van der Waals surface area (Å²) < 4.78 is 5.10. The Kier molecular flexibility index (Phi) is 4.97. The van der Waals surface area contributed by atoms with Gasteiger partial charge in [0.1, 0.15) is 5.75 Å². The number of anilines is 1. The second kappa shape index (κ2) is 6.26. The maximum Gasteiger partial charge on any atom is 0.255 e. The highest BCUT2D eigenvalue weighted by atomic mass is 16.5. The largest absolute Gasteiger partial charge is 0.496 e. The van der Waals surface area contributed by atoms with Crippen molar-refractivity contribution < 1.29 is 14.6 Å². The fourth-order valence-electron chi connectivity index (χ4n) is 1.43. The molecule has 0 aliphatic rings. The van der Waals surface area contributed by atoms with Gasteiger partial charge in [0, 0.05) is 12.2 Å². The Labute approximate surface area is 107 Å². The van der Waals surface area contributed by atoms with Gasteiger partial charge in [0.2, 0.25) is 0 Å². The average molecular weight is 252 g/mol. The third kappa shape index (κ3) is 3.63. The molecule has 0 aliphatic heterocycles. The van der Waals surface area contributed by atoms with Crippen molar-refractivity contribution in [1.82, 2.24) is 5.32 Å². The Balaban J connectivity index is 2.75. The van der Waals surface area contributed by atoms with E-state index in [4.69, 9.17) is 10.5 Å². The first-order valence-electron chi connectivity index (χ1n) is 5.85. The normalized spacial score (nSPS) is 12.3. The number of carbonyl (C=O) groups is 1. The van der Waals surface area contributed by atoms with E-state index in [1.165, 1.54) is 7.11 Å². The first kappa shape index (κ1) is 14.3. The molecule has 0 aromatic heterocycles. The lowest BCUT2D eigenvalue weighted by molar-refractivity contribution is 0.0869. The van der Waals surface area contributed by atoms with E-state index in [1.807, 2.05) is 13.8 Å². The summed E-state index contributed by atoms with van der Waals surface area (Å²) in [5.74, 6) is 0.243. The Morgan fingerprint density at radius 3 is 2.72 bits per heavy atom. The zero-order chi connectivity index (χ0) is 13.7. The number of carbonyl (C=O) groups excluding carboxylic acids is 1. The molecule has 18 heavy (non-hydrogen) atoms. The number of benzene rings is 1. The van der Waals surface area contributed by atoms with Crippen LogP contribution in [-0.4, -0.2) is 30.8 Å². The lowest BCUT2D eigenvalue weighted by Crippen LogP contribution is -2.34. The summed E-state index contributed by atoms with van der Waals surface area (Å²) in [6.07, 6.45) is -0.569. The van der Waals surface area contributed by atoms with Gasteiger partial charge in [-0.15, -0.1) is 0 Å². The Bertz CT molecular complexity index is 419. The molecular formula is C13H20N2O3. The SMILES string of the molecule is COc1ccc(N)cc1C(=O)NCC(O)C(C)C. The van der Waals surface area contributed by atoms with Gasteiger partial charge in [0.25, 0.3) is 5.91 Å². The molecule has 0 aliphatic carbocycles. The molecule has 1 atom stereocenters. The van der Waals surface area contributed by atoms with Crippen molar-refractivity contribution in [1.29, 1.82) is 0 Å². The van der Waals surface area contributed by atoms with Crippen LogP contribution in [0.3, 0.4) is 0 Å². The van der Waals surface area contributed by atoms with Crippen LogP contribution < -0.4 is 15.8 Å². The molecule has 1 aromatic carbocycles. The maximum atomic E-state index is 11.9. The Morgan fingerprint density at radius 2 is 2.17 bits per heavy atom. The first-order valence-corrected chi connectivity index (χ1v) is 5.85. The van der Waals surface area contributed by atoms with Crippen LogP contribution in [0.5, 0.6) is 5.75 Å². The van der Waals surface area contributed by atoms with Gasteiger partial charge >= 0.3 is 0 Å². The van der Waals surface area contributed by atoms with Crippen molar-refractivity contribution in [2.24, 2.45) is 5.92 Å². The number of nitrogens with two attached hydrogens (primary N) is 1. The number of aliphatic hydroxyl groups is 1. The predicted octanol–water partition coefficient (Wildman–Crippen LogP) is 1.02. The van der Waals surface area contributed by atoms with Crippen molar-refractivity contribution in [3.63, 3.8) is 0 Å². The molecule has 1 unspecified atom stereocenters. The average Bonchev–Trinajstić information content (AvgIpc) is 2.35. The third-order valence-corrected chi connectivity index (χ3v) is 2.71. The van der Waals surface area contributed by atoms with Crippen LogP contribution >= 0.6 is 0 Å². The van der Waals surface area contributed by atoms with E-state index in [0.717, 1.165) is 0 Å². The minimum atomic E-state index is -0.569. The summed E-state index contributed by atoms with van der Waals surface area (Å²) in [6, 6.07) is 4.86. The quantitative estimate of drug-likeness (QED) is 0.683. The summed E-state index contributed by atoms with van der Waals surface area (Å²) in [5.41, 5.74) is 6.50. The third-order valence-electron chi connectivity index (χ3n) is 2.71. The number of hydrogen-bond acceptors (Lipinski definition) is 4. The van der Waals surface area contributed by atoms with Crippen LogP contribution in [0.4, 0.5) is 5.69 Å². The molecule has 1 amide bonds. The van der Waals surface area contributed by atoms with E-state index in [-0.39, 0.29) is 18.4 Å². The standard InChI is InChI=1S/C13H20N2O3/c1-8(2)11(16)7-15-13(17)10-6-9(14)4-5-12(10)18-3/h4-6,8,11,16H,7,14H2,1-3H3,(H,15,17). The van der Waals surface area contributed by atoms with Crippen molar-refractivity contribution in [2.45, 2.75) is 20.0 Å². The van der Waals surface area contributed by atoms with Crippen LogP contribution in [0.2, 0.25) is 0 Å². The molecule has 100 valence electrons. The number of nitrogen functional groups attached to an aromatic ring is 1. The van der Waals surface area contributed by atoms with Crippen molar-refractivity contribution in [2.75, 3.05) is 19.4 Å². The van der Waals surface area contributed by atoms with Gasteiger partial charge in [0.15, 0.2) is 0 Å². The smallest absolute Gasteiger partial charge is 0.255 e. The van der Waals surface area contributed by atoms with Gasteiger partial charge in [-0.25, -0.2) is 0 Å². The Morgan fingerprint density at radius 1 is 1.50 bits per heavy atom. The molecule has 0 saturated heterocycles. The predicted molar refractivity (Wildman–Crippen MR) is 70.6 cm³/mol. The maximum absolute atomic E-state index is 11.9. The highest BCUT2D eigenvalue weighted by Crippen LogP contribution is 2.20. The summed E-state index contributed by atoms with van der Waals surface area (Å²) in [6.45, 7) is 3.98. The summed E-state index contributed by atoms with van der Waals surface area (Å²) in [7, 11) is 1.49. The van der Waals surface area contributed by atoms with Gasteiger partial charge in [0.05, 0.1) is 18.8 Å². The zero-order valence-electron chi connectivity index (χ0n) is 10.9. The molecular weight excluding hydrogens is 232 g/mol. The molecule has 0 saturated carbocycles. The number of aliphatic hydroxyl groups excluding tert-OH is 1. The van der Waals surface area contributed by atoms with E-state index < -0.39 is 6.10 Å².